The number of aliphatic carboxylic acids is 3. The molecule has 4 aliphatic rings. The fourth-order valence-electron chi connectivity index (χ4n) is 9.66. The topological polar surface area (TPSA) is 471 Å². The van der Waals surface area contributed by atoms with Gasteiger partial charge >= 0.3 is 29.9 Å². The van der Waals surface area contributed by atoms with Crippen molar-refractivity contribution < 1.29 is 96.8 Å². The summed E-state index contributed by atoms with van der Waals surface area (Å²) in [6.07, 6.45) is 15.0. The van der Waals surface area contributed by atoms with Gasteiger partial charge in [0.05, 0.1) is 5.92 Å². The van der Waals surface area contributed by atoms with Gasteiger partial charge in [-0.25, -0.2) is 19.2 Å². The van der Waals surface area contributed by atoms with Crippen molar-refractivity contribution in [2.75, 3.05) is 38.5 Å². The summed E-state index contributed by atoms with van der Waals surface area (Å²) in [5.41, 5.74) is 11.9. The van der Waals surface area contributed by atoms with Crippen molar-refractivity contribution >= 4 is 101 Å². The summed E-state index contributed by atoms with van der Waals surface area (Å²) in [7, 11) is 2.01. The van der Waals surface area contributed by atoms with Crippen molar-refractivity contribution in [1.29, 1.82) is 0 Å². The fraction of sp³-hybridized carbons (Fsp3) is 0.552. The van der Waals surface area contributed by atoms with Crippen LogP contribution in [0.3, 0.4) is 0 Å². The lowest BCUT2D eigenvalue weighted by molar-refractivity contribution is -0.153. The number of carbonyl (C=O) groups is 16. The summed E-state index contributed by atoms with van der Waals surface area (Å²) in [5.74, 6) is -10.6. The molecule has 0 fully saturated rings. The maximum absolute atomic E-state index is 13.4. The molecule has 32 heteroatoms. The zero-order chi connectivity index (χ0) is 75.0. The van der Waals surface area contributed by atoms with E-state index in [0.717, 1.165) is 95.5 Å². The van der Waals surface area contributed by atoms with Crippen LogP contribution in [0.4, 0.5) is 10.5 Å². The highest BCUT2D eigenvalue weighted by Crippen LogP contribution is 2.20. The van der Waals surface area contributed by atoms with Gasteiger partial charge in [-0.1, -0.05) is 93.2 Å². The van der Waals surface area contributed by atoms with Crippen LogP contribution in [0.15, 0.2) is 72.9 Å². The van der Waals surface area contributed by atoms with Gasteiger partial charge in [-0.05, 0) is 95.5 Å². The number of hydrogen-bond donors (Lipinski definition) is 10. The van der Waals surface area contributed by atoms with Crippen molar-refractivity contribution in [1.82, 2.24) is 45.8 Å². The number of unbranched alkanes of at least 4 members (excludes halogenated alkanes) is 3. The normalized spacial score (nSPS) is 15.8. The summed E-state index contributed by atoms with van der Waals surface area (Å²) in [4.78, 5) is 194. The van der Waals surface area contributed by atoms with Crippen LogP contribution in [0.5, 0.6) is 0 Å². The largest absolute Gasteiger partial charge is 0.480 e. The number of ether oxygens (including phenoxy) is 1. The number of carbonyl (C=O) groups excluding carboxylic acids is 13. The maximum Gasteiger partial charge on any atom is 0.328 e. The van der Waals surface area contributed by atoms with E-state index in [1.54, 1.807) is 52.0 Å². The molecule has 32 nitrogen and oxygen atoms in total. The standard InChI is InChI=1S/C29H41N7O8.C14H22N2O4.C14H21NO4.C10H14N2O4/c1-16(2)24(35-26(40)21(14-30)36-22(37)11-12-23(36)38)27(41)34-20(6-5-13-32-29(31)43)25(39)33-19-9-7-18(8-10-19)15-44-28(42)17(3)4;1-10(2)15(3)9-5-4-6-11(14(19)20)16-12(17)7-8-13(16)18;1-10(2)6-4-3-5-7-11(14(18)19)15-12(16)8-9-13(15)17;1-6(2)11-5-7(10(15)16)12-8(13)3-4-9(12)14/h7-12,16-17,20-21,24H,5-6,13-15,30H2,1-4H3,(H,33,39)(H,34,41)(H,35,40)(H3,31,32,43);7-8,10-11H,4-6,9H2,1-3H3,(H,19,20);8-11H,3-7H2,1-2H3,(H,18,19);3-4,6-7,11H,5H2,1-2H3,(H,15,16). The van der Waals surface area contributed by atoms with Gasteiger partial charge in [-0.2, -0.15) is 0 Å². The van der Waals surface area contributed by atoms with Gasteiger partial charge in [0.15, 0.2) is 0 Å². The average Bonchev–Trinajstić information content (AvgIpc) is 1.68. The van der Waals surface area contributed by atoms with Crippen LogP contribution in [0, 0.1) is 17.8 Å². The maximum atomic E-state index is 13.4. The molecule has 4 heterocycles. The van der Waals surface area contributed by atoms with Gasteiger partial charge < -0.3 is 63.0 Å². The van der Waals surface area contributed by atoms with E-state index in [0.29, 0.717) is 53.8 Å². The summed E-state index contributed by atoms with van der Waals surface area (Å²) in [6.45, 7) is 19.7. The number of benzene rings is 1. The highest BCUT2D eigenvalue weighted by Gasteiger charge is 2.40. The Kier molecular flexibility index (Phi) is 36.8. The molecule has 0 radical (unpaired) electrons. The Bertz CT molecular complexity index is 3110. The second kappa shape index (κ2) is 42.8. The minimum Gasteiger partial charge on any atom is -0.480 e. The van der Waals surface area contributed by atoms with Gasteiger partial charge in [-0.15, -0.1) is 0 Å². The number of carboxylic acid groups (broad SMARTS) is 3. The zero-order valence-electron chi connectivity index (χ0n) is 58.1. The smallest absolute Gasteiger partial charge is 0.328 e. The molecule has 0 aliphatic carbocycles. The van der Waals surface area contributed by atoms with Crippen molar-refractivity contribution in [3.8, 4) is 0 Å². The molecule has 99 heavy (non-hydrogen) atoms. The molecule has 0 bridgehead atoms. The number of nitrogens with zero attached hydrogens (tertiary/aromatic N) is 5. The lowest BCUT2D eigenvalue weighted by Gasteiger charge is -2.29. The van der Waals surface area contributed by atoms with E-state index in [1.807, 2.05) is 20.9 Å². The van der Waals surface area contributed by atoms with Crippen molar-refractivity contribution in [3.63, 3.8) is 0 Å². The molecule has 0 aromatic heterocycles. The zero-order valence-corrected chi connectivity index (χ0v) is 58.1. The molecule has 1 aromatic carbocycles. The lowest BCUT2D eigenvalue weighted by atomic mass is 10.0. The minimum absolute atomic E-state index is 0.0478. The molecule has 4 aliphatic heterocycles. The molecule has 0 spiro atoms. The van der Waals surface area contributed by atoms with Gasteiger partial charge in [-0.3, -0.25) is 77.1 Å². The highest BCUT2D eigenvalue weighted by molar-refractivity contribution is 6.17. The molecule has 13 amide bonds. The third-order valence-corrected chi connectivity index (χ3v) is 15.5. The van der Waals surface area contributed by atoms with Crippen LogP contribution in [0.1, 0.15) is 139 Å². The number of esters is 1. The van der Waals surface area contributed by atoms with Crippen molar-refractivity contribution in [2.45, 2.75) is 188 Å². The Labute approximate surface area is 575 Å². The summed E-state index contributed by atoms with van der Waals surface area (Å²) < 4.78 is 5.21. The first-order valence-electron chi connectivity index (χ1n) is 32.7. The van der Waals surface area contributed by atoms with Crippen molar-refractivity contribution in [3.05, 3.63) is 78.4 Å². The quantitative estimate of drug-likeness (QED) is 0.0258. The highest BCUT2D eigenvalue weighted by atomic mass is 16.5. The second-order valence-electron chi connectivity index (χ2n) is 25.2. The van der Waals surface area contributed by atoms with E-state index in [1.165, 1.54) is 0 Å². The number of imide groups is 4. The van der Waals surface area contributed by atoms with E-state index >= 15 is 0 Å². The number of hydrogen-bond acceptors (Lipinski definition) is 20. The van der Waals surface area contributed by atoms with Gasteiger partial charge in [0.2, 0.25) is 17.7 Å². The minimum atomic E-state index is -1.34. The van der Waals surface area contributed by atoms with Crippen molar-refractivity contribution in [2.24, 2.45) is 29.2 Å². The number of urea groups is 1. The number of primary amides is 1. The second-order valence-corrected chi connectivity index (χ2v) is 25.2. The van der Waals surface area contributed by atoms with Crippen LogP contribution in [0.25, 0.3) is 0 Å². The predicted octanol–water partition coefficient (Wildman–Crippen LogP) is 1.86. The molecule has 5 rings (SSSR count). The number of nitrogens with two attached hydrogens (primary N) is 2. The molecule has 1 aromatic rings. The number of rotatable bonds is 37. The Morgan fingerprint density at radius 1 is 0.515 bits per heavy atom. The number of amides is 13. The van der Waals surface area contributed by atoms with Gasteiger partial charge in [0.25, 0.3) is 47.3 Å². The summed E-state index contributed by atoms with van der Waals surface area (Å²) in [5, 5.41) is 40.5. The van der Waals surface area contributed by atoms with Gasteiger partial charge in [0.1, 0.15) is 42.9 Å². The first-order valence-corrected chi connectivity index (χ1v) is 32.7. The van der Waals surface area contributed by atoms with E-state index in [-0.39, 0.29) is 57.0 Å². The molecular formula is C67H98N12O20. The Morgan fingerprint density at radius 3 is 1.32 bits per heavy atom. The SMILES string of the molecule is CC(C)C(=O)OCc1ccc(NC(=O)C(CCCNC(N)=O)NC(=O)C(NC(=O)C(CN)N2C(=O)C=CC2=O)C(C)C)cc1.CC(C)CCCCCC(C(=O)O)N1C(=O)C=CC1=O.CC(C)N(C)CCCCC(C(=O)O)N1C(=O)C=CC1=O.CC(C)NCC(C(=O)O)N1C(=O)C=CC1=O. The van der Waals surface area contributed by atoms with E-state index < -0.39 is 131 Å². The third-order valence-electron chi connectivity index (χ3n) is 15.5. The first kappa shape index (κ1) is 85.3. The molecule has 546 valence electrons. The number of anilines is 1. The van der Waals surface area contributed by atoms with Crippen LogP contribution < -0.4 is 38.1 Å². The number of carboxylic acids is 3. The Hall–Kier alpha value is -9.82. The summed E-state index contributed by atoms with van der Waals surface area (Å²) in [6, 6.07) is -0.449. The summed E-state index contributed by atoms with van der Waals surface area (Å²) >= 11 is 0. The van der Waals surface area contributed by atoms with Gasteiger partial charge in [0, 0.05) is 86.0 Å². The van der Waals surface area contributed by atoms with E-state index in [2.05, 4.69) is 59.2 Å². The van der Waals surface area contributed by atoms with E-state index in [4.69, 9.17) is 26.4 Å². The average molecular weight is 1390 g/mol. The predicted molar refractivity (Wildman–Crippen MR) is 359 cm³/mol. The monoisotopic (exact) mass is 1390 g/mol. The number of nitrogens with one attached hydrogen (secondary N) is 5. The molecule has 0 saturated heterocycles. The lowest BCUT2D eigenvalue weighted by Crippen LogP contribution is -2.60. The van der Waals surface area contributed by atoms with E-state index in [9.17, 15) is 81.8 Å². The fourth-order valence-corrected chi connectivity index (χ4v) is 9.66. The third kappa shape index (κ3) is 29.0. The molecule has 0 saturated carbocycles. The molecular weight excluding hydrogens is 1290 g/mol. The first-order chi connectivity index (χ1) is 46.4. The molecule has 6 unspecified atom stereocenters. The van der Waals surface area contributed by atoms with Crippen LogP contribution >= 0.6 is 0 Å². The Morgan fingerprint density at radius 2 is 0.939 bits per heavy atom. The van der Waals surface area contributed by atoms with Crippen LogP contribution in [-0.4, -0.2) is 216 Å². The Balaban J connectivity index is 0.000000501. The molecule has 12 N–H and O–H groups in total. The van der Waals surface area contributed by atoms with Crippen LogP contribution in [0.2, 0.25) is 0 Å². The van der Waals surface area contributed by atoms with Crippen LogP contribution in [-0.2, 0) is 83.3 Å². The molecule has 6 atom stereocenters.